The molecule has 0 saturated carbocycles. The Balaban J connectivity index is 1.30. The number of nitrogens with zero attached hydrogens (tertiary/aromatic N) is 4. The first kappa shape index (κ1) is 35.4. The van der Waals surface area contributed by atoms with Gasteiger partial charge in [-0.3, -0.25) is 19.3 Å². The Kier molecular flexibility index (Phi) is 10.1. The fraction of sp³-hybridized carbons (Fsp3) is 0.433. The molecule has 2 atom stereocenters. The van der Waals surface area contributed by atoms with Crippen LogP contribution in [0, 0.1) is 0 Å². The quantitative estimate of drug-likeness (QED) is 0.0490. The molecule has 0 aliphatic carbocycles. The average molecular weight is 719 g/mol. The fourth-order valence-electron chi connectivity index (χ4n) is 5.90. The Hall–Kier alpha value is -4.88. The summed E-state index contributed by atoms with van der Waals surface area (Å²) in [5.41, 5.74) is 3.86. The molecule has 0 unspecified atom stereocenters. The number of oxime groups is 1. The van der Waals surface area contributed by atoms with Gasteiger partial charge in [-0.2, -0.15) is 0 Å². The Morgan fingerprint density at radius 1 is 1.18 bits per heavy atom. The summed E-state index contributed by atoms with van der Waals surface area (Å²) in [7, 11) is 0. The smallest absolute Gasteiger partial charge is 0.352 e. The van der Waals surface area contributed by atoms with Gasteiger partial charge in [-0.25, -0.2) is 14.6 Å². The molecule has 2 saturated heterocycles. The number of nitrogens with one attached hydrogen (secondary N) is 2. The average Bonchev–Trinajstić information content (AvgIpc) is 3.69. The second-order valence-corrected chi connectivity index (χ2v) is 14.3. The molecule has 49 heavy (non-hydrogen) atoms. The Labute approximate surface area is 288 Å². The predicted molar refractivity (Wildman–Crippen MR) is 177 cm³/mol. The topological polar surface area (TPSA) is 254 Å². The SMILES string of the molecule is CC(C)(O/N=C(\C(=O)N[C@@H]1C(=O)N2C(C(=O)O)=C(C[N+]3(CCNC(=O)c4cccc(O)c4O)CCCC3)CS[C@H]12)c1csc(N)n1)C(=O)O. The highest BCUT2D eigenvalue weighted by Gasteiger charge is 2.55. The number of carbonyl (C=O) groups excluding carboxylic acids is 3. The summed E-state index contributed by atoms with van der Waals surface area (Å²) >= 11 is 2.31. The number of carboxylic acids is 2. The van der Waals surface area contributed by atoms with E-state index in [2.05, 4.69) is 20.8 Å². The highest BCUT2D eigenvalue weighted by molar-refractivity contribution is 8.00. The molecule has 0 bridgehead atoms. The van der Waals surface area contributed by atoms with E-state index < -0.39 is 63.9 Å². The van der Waals surface area contributed by atoms with Crippen molar-refractivity contribution in [3.05, 3.63) is 46.1 Å². The molecule has 0 radical (unpaired) electrons. The highest BCUT2D eigenvalue weighted by atomic mass is 32.2. The number of anilines is 1. The maximum absolute atomic E-state index is 13.4. The number of aromatic nitrogens is 1. The van der Waals surface area contributed by atoms with Crippen molar-refractivity contribution in [2.45, 2.75) is 43.7 Å². The van der Waals surface area contributed by atoms with Crippen molar-refractivity contribution in [1.29, 1.82) is 0 Å². The number of aliphatic carboxylic acids is 2. The lowest BCUT2D eigenvalue weighted by Crippen LogP contribution is -2.71. The zero-order valence-electron chi connectivity index (χ0n) is 26.5. The van der Waals surface area contributed by atoms with Crippen molar-refractivity contribution in [3.63, 3.8) is 0 Å². The number of nitrogens with two attached hydrogens (primary N) is 1. The monoisotopic (exact) mass is 718 g/mol. The van der Waals surface area contributed by atoms with Crippen LogP contribution in [0.15, 0.2) is 40.0 Å². The van der Waals surface area contributed by atoms with E-state index in [9.17, 15) is 44.4 Å². The lowest BCUT2D eigenvalue weighted by atomic mass is 10.0. The summed E-state index contributed by atoms with van der Waals surface area (Å²) in [6.07, 6.45) is 1.79. The number of thiazole rings is 1. The van der Waals surface area contributed by atoms with Gasteiger partial charge in [0.15, 0.2) is 22.3 Å². The molecular weight excluding hydrogens is 683 g/mol. The van der Waals surface area contributed by atoms with Gasteiger partial charge in [0, 0.05) is 29.5 Å². The third-order valence-electron chi connectivity index (χ3n) is 8.57. The molecule has 262 valence electrons. The Morgan fingerprint density at radius 2 is 1.90 bits per heavy atom. The Morgan fingerprint density at radius 3 is 2.53 bits per heavy atom. The van der Waals surface area contributed by atoms with Crippen LogP contribution >= 0.6 is 23.1 Å². The van der Waals surface area contributed by atoms with E-state index in [1.54, 1.807) is 0 Å². The first-order chi connectivity index (χ1) is 23.1. The van der Waals surface area contributed by atoms with Gasteiger partial charge in [-0.15, -0.1) is 23.1 Å². The molecule has 0 spiro atoms. The number of hydrogen-bond acceptors (Lipinski definition) is 13. The molecule has 3 aliphatic heterocycles. The highest BCUT2D eigenvalue weighted by Crippen LogP contribution is 2.41. The van der Waals surface area contributed by atoms with Crippen LogP contribution in [0.5, 0.6) is 11.5 Å². The molecule has 17 nitrogen and oxygen atoms in total. The minimum Gasteiger partial charge on any atom is -0.504 e. The van der Waals surface area contributed by atoms with Crippen LogP contribution in [-0.4, -0.2) is 126 Å². The summed E-state index contributed by atoms with van der Waals surface area (Å²) < 4.78 is 0.481. The van der Waals surface area contributed by atoms with Gasteiger partial charge < -0.3 is 46.1 Å². The molecule has 3 amide bonds. The number of quaternary nitrogens is 1. The molecule has 3 aliphatic rings. The second kappa shape index (κ2) is 13.9. The number of amides is 3. The number of aromatic hydroxyl groups is 2. The number of phenolic OH excluding ortho intramolecular Hbond substituents is 2. The second-order valence-electron chi connectivity index (χ2n) is 12.3. The molecule has 5 rings (SSSR count). The molecule has 2 fully saturated rings. The third-order valence-corrected chi connectivity index (χ3v) is 10.6. The first-order valence-corrected chi connectivity index (χ1v) is 17.1. The number of thioether (sulfide) groups is 1. The van der Waals surface area contributed by atoms with E-state index in [0.717, 1.165) is 42.2 Å². The van der Waals surface area contributed by atoms with Crippen molar-refractivity contribution < 1.29 is 53.7 Å². The molecule has 4 heterocycles. The first-order valence-electron chi connectivity index (χ1n) is 15.2. The van der Waals surface area contributed by atoms with E-state index in [-0.39, 0.29) is 34.4 Å². The number of carbonyl (C=O) groups is 5. The van der Waals surface area contributed by atoms with Gasteiger partial charge in [0.1, 0.15) is 29.4 Å². The summed E-state index contributed by atoms with van der Waals surface area (Å²) in [6.45, 7) is 4.95. The number of phenols is 2. The molecule has 1 aromatic heterocycles. The summed E-state index contributed by atoms with van der Waals surface area (Å²) in [5, 5.41) is 49.3. The largest absolute Gasteiger partial charge is 0.504 e. The van der Waals surface area contributed by atoms with Crippen LogP contribution < -0.4 is 16.4 Å². The van der Waals surface area contributed by atoms with Gasteiger partial charge in [0.05, 0.1) is 31.7 Å². The number of fused-ring (bicyclic) bond motifs is 1. The van der Waals surface area contributed by atoms with E-state index in [4.69, 9.17) is 10.6 Å². The number of likely N-dealkylation sites (tertiary alicyclic amines) is 1. The van der Waals surface area contributed by atoms with Crippen LogP contribution in [0.25, 0.3) is 0 Å². The van der Waals surface area contributed by atoms with E-state index in [1.165, 1.54) is 49.2 Å². The number of benzene rings is 1. The zero-order valence-corrected chi connectivity index (χ0v) is 28.2. The third kappa shape index (κ3) is 7.27. The predicted octanol–water partition coefficient (Wildman–Crippen LogP) is 0.500. The molecule has 2 aromatic rings. The number of carboxylic acid groups (broad SMARTS) is 2. The summed E-state index contributed by atoms with van der Waals surface area (Å²) in [6, 6.07) is 2.99. The number of nitrogen functional groups attached to an aromatic ring is 1. The van der Waals surface area contributed by atoms with Crippen molar-refractivity contribution in [2.75, 3.05) is 44.2 Å². The maximum Gasteiger partial charge on any atom is 0.352 e. The van der Waals surface area contributed by atoms with Crippen LogP contribution in [0.2, 0.25) is 0 Å². The van der Waals surface area contributed by atoms with Crippen molar-refractivity contribution in [2.24, 2.45) is 5.16 Å². The van der Waals surface area contributed by atoms with Gasteiger partial charge in [0.2, 0.25) is 5.60 Å². The lowest BCUT2D eigenvalue weighted by molar-refractivity contribution is -0.911. The zero-order chi connectivity index (χ0) is 35.7. The minimum absolute atomic E-state index is 0.00376. The molecular formula is C30H36N7O10S2+. The number of β-lactam (4-membered cyclic amide) rings is 1. The summed E-state index contributed by atoms with van der Waals surface area (Å²) in [4.78, 5) is 73.9. The maximum atomic E-state index is 13.4. The van der Waals surface area contributed by atoms with Crippen molar-refractivity contribution >= 4 is 63.6 Å². The van der Waals surface area contributed by atoms with Gasteiger partial charge >= 0.3 is 11.9 Å². The fourth-order valence-corrected chi connectivity index (χ4v) is 7.79. The van der Waals surface area contributed by atoms with Gasteiger partial charge in [-0.1, -0.05) is 11.2 Å². The Bertz CT molecular complexity index is 1750. The molecule has 1 aromatic carbocycles. The van der Waals surface area contributed by atoms with E-state index >= 15 is 0 Å². The van der Waals surface area contributed by atoms with Crippen LogP contribution in [-0.2, 0) is 24.0 Å². The van der Waals surface area contributed by atoms with E-state index in [0.29, 0.717) is 23.1 Å². The number of rotatable bonds is 13. The van der Waals surface area contributed by atoms with Gasteiger partial charge in [0.25, 0.3) is 17.7 Å². The number of hydrogen-bond donors (Lipinski definition) is 7. The van der Waals surface area contributed by atoms with Crippen molar-refractivity contribution in [3.8, 4) is 11.5 Å². The normalized spacial score (nSPS) is 20.3. The molecule has 8 N–H and O–H groups in total. The van der Waals surface area contributed by atoms with Gasteiger partial charge in [-0.05, 0) is 26.0 Å². The lowest BCUT2D eigenvalue weighted by Gasteiger charge is -2.50. The van der Waals surface area contributed by atoms with Crippen LogP contribution in [0.3, 0.4) is 0 Å². The van der Waals surface area contributed by atoms with E-state index in [1.807, 2.05) is 0 Å². The van der Waals surface area contributed by atoms with Crippen molar-refractivity contribution in [1.82, 2.24) is 20.5 Å². The number of para-hydroxylation sites is 1. The van der Waals surface area contributed by atoms with Crippen LogP contribution in [0.4, 0.5) is 5.13 Å². The molecule has 19 heteroatoms. The summed E-state index contributed by atoms with van der Waals surface area (Å²) in [5.74, 6) is -5.37. The van der Waals surface area contributed by atoms with Crippen LogP contribution in [0.1, 0.15) is 42.7 Å². The minimum atomic E-state index is -1.79. The standard InChI is InChI=1S/C30H35N7O10S2/c1-30(2,28(45)46)47-35-19(17-14-49-29(31)33-17)24(41)34-20-25(42)36-21(27(43)44)15(13-48-26(20)36)12-37(9-3-4-10-37)11-8-32-23(40)16-6-5-7-18(38)22(16)39/h5-7,14,20,26H,3-4,8-13H2,1-2H3,(H7-,31,32,33,34,35,38,39,40,41,43,44,45,46)/p+1/t20-,26-/m1/s1.